The molecule has 0 atom stereocenters. The Balaban J connectivity index is 3.07. The molecule has 0 aromatic carbocycles. The van der Waals surface area contributed by atoms with Gasteiger partial charge in [-0.15, -0.1) is 0 Å². The molecule has 0 radical (unpaired) electrons. The Hall–Kier alpha value is -1.06. The third kappa shape index (κ3) is 6.31. The summed E-state index contributed by atoms with van der Waals surface area (Å²) >= 11 is 0. The number of esters is 2. The minimum Gasteiger partial charge on any atom is -0.465 e. The molecular formula is C21H38O4. The first kappa shape index (κ1) is 22.0. The highest BCUT2D eigenvalue weighted by atomic mass is 16.6. The third-order valence-electron chi connectivity index (χ3n) is 5.22. The van der Waals surface area contributed by atoms with Crippen LogP contribution >= 0.6 is 0 Å². The first-order chi connectivity index (χ1) is 12.0. The van der Waals surface area contributed by atoms with Crippen molar-refractivity contribution in [3.63, 3.8) is 0 Å². The standard InChI is InChI=1S/C21H38O4/c1-5-7-14-24-19(22)21(16-17(3)4,18-12-10-9-11-13-18)20(23)25-15-8-6-2/h17-18H,5-16H2,1-4H3. The molecule has 1 saturated carbocycles. The summed E-state index contributed by atoms with van der Waals surface area (Å²) in [7, 11) is 0. The van der Waals surface area contributed by atoms with Crippen LogP contribution in [0.4, 0.5) is 0 Å². The maximum Gasteiger partial charge on any atom is 0.323 e. The topological polar surface area (TPSA) is 52.6 Å². The fraction of sp³-hybridized carbons (Fsp3) is 0.905. The number of carbonyl (C=O) groups is 2. The number of hydrogen-bond acceptors (Lipinski definition) is 4. The van der Waals surface area contributed by atoms with Crippen LogP contribution in [0.1, 0.15) is 91.9 Å². The van der Waals surface area contributed by atoms with E-state index in [1.54, 1.807) is 0 Å². The molecule has 0 saturated heterocycles. The second-order valence-corrected chi connectivity index (χ2v) is 7.88. The molecule has 0 unspecified atom stereocenters. The predicted molar refractivity (Wildman–Crippen MR) is 100 cm³/mol. The van der Waals surface area contributed by atoms with Gasteiger partial charge in [0.15, 0.2) is 5.41 Å². The van der Waals surface area contributed by atoms with Gasteiger partial charge in [0.05, 0.1) is 13.2 Å². The van der Waals surface area contributed by atoms with Crippen molar-refractivity contribution in [2.45, 2.75) is 91.9 Å². The first-order valence-electron chi connectivity index (χ1n) is 10.3. The molecule has 146 valence electrons. The molecule has 4 nitrogen and oxygen atoms in total. The molecule has 0 aliphatic heterocycles. The largest absolute Gasteiger partial charge is 0.465 e. The maximum atomic E-state index is 13.1. The number of unbranched alkanes of at least 4 members (excludes halogenated alkanes) is 2. The minimum absolute atomic E-state index is 0.0481. The van der Waals surface area contributed by atoms with Gasteiger partial charge in [-0.25, -0.2) is 0 Å². The molecule has 4 heteroatoms. The zero-order valence-electron chi connectivity index (χ0n) is 16.8. The van der Waals surface area contributed by atoms with Crippen molar-refractivity contribution in [2.75, 3.05) is 13.2 Å². The summed E-state index contributed by atoms with van der Waals surface area (Å²) < 4.78 is 11.2. The van der Waals surface area contributed by atoms with Gasteiger partial charge in [-0.2, -0.15) is 0 Å². The van der Waals surface area contributed by atoms with E-state index in [0.29, 0.717) is 19.6 Å². The lowest BCUT2D eigenvalue weighted by Crippen LogP contribution is -2.49. The van der Waals surface area contributed by atoms with E-state index in [1.807, 2.05) is 0 Å². The van der Waals surface area contributed by atoms with Crippen LogP contribution in [0.5, 0.6) is 0 Å². The van der Waals surface area contributed by atoms with Gasteiger partial charge in [0.2, 0.25) is 0 Å². The molecular weight excluding hydrogens is 316 g/mol. The van der Waals surface area contributed by atoms with Crippen LogP contribution in [-0.4, -0.2) is 25.2 Å². The average molecular weight is 355 g/mol. The zero-order valence-corrected chi connectivity index (χ0v) is 16.8. The van der Waals surface area contributed by atoms with E-state index in [9.17, 15) is 9.59 Å². The van der Waals surface area contributed by atoms with Gasteiger partial charge in [-0.05, 0) is 43.9 Å². The van der Waals surface area contributed by atoms with Gasteiger partial charge < -0.3 is 9.47 Å². The van der Waals surface area contributed by atoms with Crippen LogP contribution in [0.15, 0.2) is 0 Å². The zero-order chi connectivity index (χ0) is 18.7. The predicted octanol–water partition coefficient (Wildman–Crippen LogP) is 5.29. The number of rotatable bonds is 11. The van der Waals surface area contributed by atoms with Gasteiger partial charge in [0.25, 0.3) is 0 Å². The Bertz CT molecular complexity index is 375. The fourth-order valence-corrected chi connectivity index (χ4v) is 3.87. The molecule has 0 heterocycles. The normalized spacial score (nSPS) is 16.0. The van der Waals surface area contributed by atoms with Gasteiger partial charge in [-0.1, -0.05) is 59.8 Å². The highest BCUT2D eigenvalue weighted by Crippen LogP contribution is 2.45. The van der Waals surface area contributed by atoms with Crippen LogP contribution in [0.25, 0.3) is 0 Å². The van der Waals surface area contributed by atoms with E-state index < -0.39 is 5.41 Å². The van der Waals surface area contributed by atoms with Crippen LogP contribution < -0.4 is 0 Å². The molecule has 0 aromatic heterocycles. The lowest BCUT2D eigenvalue weighted by Gasteiger charge is -2.39. The van der Waals surface area contributed by atoms with Crippen molar-refractivity contribution in [3.05, 3.63) is 0 Å². The number of carbonyl (C=O) groups excluding carboxylic acids is 2. The SMILES string of the molecule is CCCCOC(=O)C(CC(C)C)(C(=O)OCCCC)C1CCCCC1. The summed E-state index contributed by atoms with van der Waals surface area (Å²) in [6.07, 6.45) is 9.29. The Labute approximate surface area is 154 Å². The van der Waals surface area contributed by atoms with Crippen LogP contribution in [0, 0.1) is 17.3 Å². The molecule has 0 aromatic rings. The second kappa shape index (κ2) is 11.5. The van der Waals surface area contributed by atoms with Crippen molar-refractivity contribution in [3.8, 4) is 0 Å². The van der Waals surface area contributed by atoms with E-state index in [4.69, 9.17) is 9.47 Å². The van der Waals surface area contributed by atoms with Gasteiger partial charge in [-0.3, -0.25) is 9.59 Å². The number of ether oxygens (including phenoxy) is 2. The Kier molecular flexibility index (Phi) is 10.1. The highest BCUT2D eigenvalue weighted by Gasteiger charge is 2.54. The lowest BCUT2D eigenvalue weighted by molar-refractivity contribution is -0.180. The molecule has 0 spiro atoms. The fourth-order valence-electron chi connectivity index (χ4n) is 3.87. The summed E-state index contributed by atoms with van der Waals surface area (Å²) in [5.74, 6) is -0.405. The molecule has 1 rings (SSSR count). The number of hydrogen-bond donors (Lipinski definition) is 0. The van der Waals surface area contributed by atoms with Crippen LogP contribution in [-0.2, 0) is 19.1 Å². The van der Waals surface area contributed by atoms with Crippen LogP contribution in [0.3, 0.4) is 0 Å². The van der Waals surface area contributed by atoms with Crippen molar-refractivity contribution < 1.29 is 19.1 Å². The summed E-state index contributed by atoms with van der Waals surface area (Å²) in [5.41, 5.74) is -1.12. The summed E-state index contributed by atoms with van der Waals surface area (Å²) in [6, 6.07) is 0. The van der Waals surface area contributed by atoms with Gasteiger partial charge in [0.1, 0.15) is 0 Å². The Morgan fingerprint density at radius 2 is 1.40 bits per heavy atom. The molecule has 0 N–H and O–H groups in total. The molecule has 1 fully saturated rings. The molecule has 0 bridgehead atoms. The van der Waals surface area contributed by atoms with Crippen LogP contribution in [0.2, 0.25) is 0 Å². The first-order valence-corrected chi connectivity index (χ1v) is 10.3. The monoisotopic (exact) mass is 354 g/mol. The summed E-state index contributed by atoms with van der Waals surface area (Å²) in [5, 5.41) is 0. The summed E-state index contributed by atoms with van der Waals surface area (Å²) in [6.45, 7) is 9.05. The maximum absolute atomic E-state index is 13.1. The Morgan fingerprint density at radius 3 is 1.80 bits per heavy atom. The van der Waals surface area contributed by atoms with Crippen molar-refractivity contribution in [1.82, 2.24) is 0 Å². The third-order valence-corrected chi connectivity index (χ3v) is 5.22. The second-order valence-electron chi connectivity index (χ2n) is 7.88. The van der Waals surface area contributed by atoms with E-state index >= 15 is 0 Å². The Morgan fingerprint density at radius 1 is 0.920 bits per heavy atom. The summed E-state index contributed by atoms with van der Waals surface area (Å²) in [4.78, 5) is 26.3. The van der Waals surface area contributed by atoms with E-state index in [0.717, 1.165) is 51.4 Å². The van der Waals surface area contributed by atoms with Gasteiger partial charge >= 0.3 is 11.9 Å². The molecule has 25 heavy (non-hydrogen) atoms. The molecule has 0 amide bonds. The van der Waals surface area contributed by atoms with E-state index in [-0.39, 0.29) is 23.8 Å². The van der Waals surface area contributed by atoms with E-state index in [1.165, 1.54) is 6.42 Å². The smallest absolute Gasteiger partial charge is 0.323 e. The molecule has 1 aliphatic carbocycles. The van der Waals surface area contributed by atoms with Crippen molar-refractivity contribution >= 4 is 11.9 Å². The average Bonchev–Trinajstić information content (AvgIpc) is 2.60. The van der Waals surface area contributed by atoms with Crippen molar-refractivity contribution in [2.24, 2.45) is 17.3 Å². The van der Waals surface area contributed by atoms with Gasteiger partial charge in [0, 0.05) is 0 Å². The quantitative estimate of drug-likeness (QED) is 0.287. The lowest BCUT2D eigenvalue weighted by atomic mass is 9.65. The molecule has 1 aliphatic rings. The van der Waals surface area contributed by atoms with Crippen molar-refractivity contribution in [1.29, 1.82) is 0 Å². The highest BCUT2D eigenvalue weighted by molar-refractivity contribution is 6.00. The van der Waals surface area contributed by atoms with E-state index in [2.05, 4.69) is 27.7 Å². The minimum atomic E-state index is -1.12.